The number of aliphatic hydroxyl groups is 1. The molecule has 1 aromatic heterocycles. The molecule has 4 heterocycles. The molecule has 3 aliphatic rings. The third-order valence-electron chi connectivity index (χ3n) is 11.4. The van der Waals surface area contributed by atoms with E-state index in [9.17, 15) is 29.4 Å². The van der Waals surface area contributed by atoms with Gasteiger partial charge in [0.25, 0.3) is 5.91 Å². The number of phenols is 1. The molecule has 2 amide bonds. The first-order chi connectivity index (χ1) is 29.6. The van der Waals surface area contributed by atoms with Gasteiger partial charge in [-0.2, -0.15) is 0 Å². The quantitative estimate of drug-likeness (QED) is 0.0484. The first kappa shape index (κ1) is 42.9. The van der Waals surface area contributed by atoms with Crippen molar-refractivity contribution >= 4 is 28.9 Å². The fourth-order valence-electron chi connectivity index (χ4n) is 7.93. The summed E-state index contributed by atoms with van der Waals surface area (Å²) < 4.78 is 17.5. The molecule has 6 N–H and O–H groups in total. The molecule has 0 radical (unpaired) electrons. The summed E-state index contributed by atoms with van der Waals surface area (Å²) in [5.74, 6) is 0.00170. The molecule has 3 unspecified atom stereocenters. The summed E-state index contributed by atoms with van der Waals surface area (Å²) in [4.78, 5) is 55.4. The van der Waals surface area contributed by atoms with Gasteiger partial charge in [0.2, 0.25) is 5.56 Å². The Bertz CT molecular complexity index is 2330. The van der Waals surface area contributed by atoms with Crippen LogP contribution in [0.1, 0.15) is 77.4 Å². The summed E-state index contributed by atoms with van der Waals surface area (Å²) in [5.41, 5.74) is 3.49. The number of hydrogen-bond donors (Lipinski definition) is 6. The number of nitrogens with zero attached hydrogens (tertiary/aromatic N) is 1. The SMILES string of the molecule is CC(NC(=O)c1ccc(COc2cccc(C(NC(=O)O[C@H]3CN4CCC3CC4)c3ccccc3)c2)cc1)C(=O)OCCCCNCC(O)c1ccc(O)c2[nH]c(=O)ccc12. The third-order valence-corrected chi connectivity index (χ3v) is 11.4. The van der Waals surface area contributed by atoms with E-state index < -0.39 is 36.2 Å². The maximum atomic E-state index is 13.2. The molecule has 0 spiro atoms. The van der Waals surface area contributed by atoms with Crippen molar-refractivity contribution in [3.63, 3.8) is 0 Å². The number of nitrogens with one attached hydrogen (secondary N) is 4. The van der Waals surface area contributed by atoms with E-state index >= 15 is 0 Å². The van der Waals surface area contributed by atoms with Crippen LogP contribution in [0.25, 0.3) is 10.9 Å². The van der Waals surface area contributed by atoms with Crippen molar-refractivity contribution in [3.8, 4) is 11.5 Å². The lowest BCUT2D eigenvalue weighted by Gasteiger charge is -2.43. The monoisotopic (exact) mass is 831 g/mol. The zero-order valence-electron chi connectivity index (χ0n) is 34.2. The number of amides is 2. The Morgan fingerprint density at radius 3 is 2.41 bits per heavy atom. The zero-order valence-corrected chi connectivity index (χ0v) is 34.2. The molecule has 8 rings (SSSR count). The number of phenolic OH excluding ortho intramolecular Hbond substituents is 1. The van der Waals surface area contributed by atoms with Crippen LogP contribution < -0.4 is 26.2 Å². The molecule has 14 nitrogen and oxygen atoms in total. The number of aromatic amines is 1. The second-order valence-electron chi connectivity index (χ2n) is 15.7. The van der Waals surface area contributed by atoms with Crippen LogP contribution in [0, 0.1) is 5.92 Å². The highest BCUT2D eigenvalue weighted by atomic mass is 16.6. The Balaban J connectivity index is 0.822. The van der Waals surface area contributed by atoms with Gasteiger partial charge >= 0.3 is 12.1 Å². The predicted octanol–water partition coefficient (Wildman–Crippen LogP) is 5.49. The van der Waals surface area contributed by atoms with Crippen molar-refractivity contribution in [3.05, 3.63) is 141 Å². The highest BCUT2D eigenvalue weighted by Crippen LogP contribution is 2.31. The molecular formula is C47H53N5O9. The number of piperidine rings is 3. The van der Waals surface area contributed by atoms with E-state index in [1.54, 1.807) is 43.3 Å². The fourth-order valence-corrected chi connectivity index (χ4v) is 7.93. The normalized spacial score (nSPS) is 18.4. The molecule has 3 saturated heterocycles. The van der Waals surface area contributed by atoms with Crippen LogP contribution in [0.3, 0.4) is 0 Å². The zero-order chi connectivity index (χ0) is 42.7. The molecule has 61 heavy (non-hydrogen) atoms. The molecule has 14 heteroatoms. The lowest BCUT2D eigenvalue weighted by molar-refractivity contribution is -0.145. The van der Waals surface area contributed by atoms with Crippen molar-refractivity contribution in [2.24, 2.45) is 5.92 Å². The number of aromatic nitrogens is 1. The number of rotatable bonds is 18. The maximum Gasteiger partial charge on any atom is 0.408 e. The van der Waals surface area contributed by atoms with Crippen LogP contribution >= 0.6 is 0 Å². The number of ether oxygens (including phenoxy) is 3. The maximum absolute atomic E-state index is 13.2. The van der Waals surface area contributed by atoms with Gasteiger partial charge < -0.3 is 45.4 Å². The molecule has 4 atom stereocenters. The van der Waals surface area contributed by atoms with E-state index in [-0.39, 0.29) is 42.7 Å². The van der Waals surface area contributed by atoms with E-state index in [1.807, 2.05) is 54.6 Å². The average Bonchev–Trinajstić information content (AvgIpc) is 3.28. The van der Waals surface area contributed by atoms with Gasteiger partial charge in [-0.05, 0) is 117 Å². The van der Waals surface area contributed by atoms with Gasteiger partial charge in [0.15, 0.2) is 0 Å². The van der Waals surface area contributed by atoms with Crippen LogP contribution in [0.4, 0.5) is 4.79 Å². The molecular weight excluding hydrogens is 779 g/mol. The second kappa shape index (κ2) is 20.4. The Morgan fingerprint density at radius 2 is 1.66 bits per heavy atom. The Labute approximate surface area is 354 Å². The molecule has 4 aromatic carbocycles. The van der Waals surface area contributed by atoms with Gasteiger partial charge in [-0.15, -0.1) is 0 Å². The van der Waals surface area contributed by atoms with Gasteiger partial charge in [0.1, 0.15) is 30.3 Å². The number of pyridine rings is 1. The minimum absolute atomic E-state index is 0.0702. The van der Waals surface area contributed by atoms with Crippen molar-refractivity contribution in [2.75, 3.05) is 39.3 Å². The number of benzene rings is 4. The van der Waals surface area contributed by atoms with Gasteiger partial charge in [-0.3, -0.25) is 14.5 Å². The molecule has 0 aliphatic carbocycles. The number of H-pyrrole nitrogens is 1. The number of aliphatic hydroxyl groups excluding tert-OH is 1. The van der Waals surface area contributed by atoms with Crippen molar-refractivity contribution < 1.29 is 38.8 Å². The number of alkyl carbamates (subject to hydrolysis) is 1. The number of hydrogen-bond acceptors (Lipinski definition) is 11. The molecule has 3 aliphatic heterocycles. The minimum Gasteiger partial charge on any atom is -0.506 e. The summed E-state index contributed by atoms with van der Waals surface area (Å²) >= 11 is 0. The Morgan fingerprint density at radius 1 is 0.885 bits per heavy atom. The van der Waals surface area contributed by atoms with Crippen LogP contribution in [-0.4, -0.2) is 89.5 Å². The van der Waals surface area contributed by atoms with Crippen molar-refractivity contribution in [2.45, 2.75) is 63.5 Å². The van der Waals surface area contributed by atoms with E-state index in [0.29, 0.717) is 47.6 Å². The van der Waals surface area contributed by atoms with E-state index in [4.69, 9.17) is 14.2 Å². The molecule has 0 saturated carbocycles. The Hall–Kier alpha value is -6.22. The fraction of sp³-hybridized carbons (Fsp3) is 0.362. The molecule has 3 fully saturated rings. The number of unbranched alkanes of at least 4 members (excludes halogenated alkanes) is 1. The van der Waals surface area contributed by atoms with Gasteiger partial charge in [-0.1, -0.05) is 60.7 Å². The van der Waals surface area contributed by atoms with E-state index in [2.05, 4.69) is 25.8 Å². The molecule has 2 bridgehead atoms. The van der Waals surface area contributed by atoms with Crippen molar-refractivity contribution in [1.82, 2.24) is 25.8 Å². The average molecular weight is 832 g/mol. The summed E-state index contributed by atoms with van der Waals surface area (Å²) in [6, 6.07) is 29.0. The number of carbonyl (C=O) groups excluding carboxylic acids is 3. The van der Waals surface area contributed by atoms with Crippen LogP contribution in [0.5, 0.6) is 11.5 Å². The number of esters is 1. The summed E-state index contributed by atoms with van der Waals surface area (Å²) in [7, 11) is 0. The smallest absolute Gasteiger partial charge is 0.408 e. The Kier molecular flexibility index (Phi) is 14.3. The number of carbonyl (C=O) groups is 3. The highest BCUT2D eigenvalue weighted by molar-refractivity contribution is 5.96. The first-order valence-corrected chi connectivity index (χ1v) is 20.9. The van der Waals surface area contributed by atoms with Crippen LogP contribution in [0.15, 0.2) is 108 Å². The minimum atomic E-state index is -0.870. The third kappa shape index (κ3) is 11.3. The second-order valence-corrected chi connectivity index (χ2v) is 15.7. The lowest BCUT2D eigenvalue weighted by atomic mass is 9.86. The van der Waals surface area contributed by atoms with Crippen molar-refractivity contribution in [1.29, 1.82) is 0 Å². The summed E-state index contributed by atoms with van der Waals surface area (Å²) in [6.07, 6.45) is 1.95. The van der Waals surface area contributed by atoms with E-state index in [0.717, 1.165) is 49.2 Å². The largest absolute Gasteiger partial charge is 0.506 e. The van der Waals surface area contributed by atoms with E-state index in [1.165, 1.54) is 12.1 Å². The summed E-state index contributed by atoms with van der Waals surface area (Å²) in [5, 5.41) is 30.3. The standard InChI is InChI=1S/C47H53N5O9/c1-30(46(57)59-25-6-5-22-48-27-40(54)37-16-18-39(53)44-38(37)17-19-42(55)50-44)49-45(56)34-14-12-31(13-15-34)29-60-36-11-7-10-35(26-36)43(33-8-3-2-4-9-33)51-47(58)61-41-28-52-23-20-32(41)21-24-52/h2-4,7-19,26,30,32,40-41,43,48,53-54H,5-6,20-25,27-29H2,1H3,(H,49,56)(H,50,55)(H,51,58)/t30?,40?,41-,43?/m0/s1. The number of aromatic hydroxyl groups is 1. The lowest BCUT2D eigenvalue weighted by Crippen LogP contribution is -2.52. The van der Waals surface area contributed by atoms with Crippen LogP contribution in [-0.2, 0) is 20.9 Å². The number of fused-ring (bicyclic) bond motifs is 4. The topological polar surface area (TPSA) is 192 Å². The predicted molar refractivity (Wildman–Crippen MR) is 229 cm³/mol. The molecule has 5 aromatic rings. The van der Waals surface area contributed by atoms with Gasteiger partial charge in [0.05, 0.1) is 24.3 Å². The summed E-state index contributed by atoms with van der Waals surface area (Å²) in [6.45, 7) is 5.71. The first-order valence-electron chi connectivity index (χ1n) is 20.9. The van der Waals surface area contributed by atoms with Crippen LogP contribution in [0.2, 0.25) is 0 Å². The van der Waals surface area contributed by atoms with Gasteiger partial charge in [0, 0.05) is 30.1 Å². The van der Waals surface area contributed by atoms with Gasteiger partial charge in [-0.25, -0.2) is 9.59 Å². The molecule has 320 valence electrons. The highest BCUT2D eigenvalue weighted by Gasteiger charge is 2.37.